The van der Waals surface area contributed by atoms with Crippen molar-refractivity contribution in [3.63, 3.8) is 0 Å². The zero-order valence-corrected chi connectivity index (χ0v) is 11.6. The molecule has 0 saturated heterocycles. The van der Waals surface area contributed by atoms with Crippen LogP contribution >= 0.6 is 0 Å². The van der Waals surface area contributed by atoms with Gasteiger partial charge in [-0.15, -0.1) is 0 Å². The first-order valence-electron chi connectivity index (χ1n) is 6.28. The third kappa shape index (κ3) is 3.53. The minimum absolute atomic E-state index is 0.543. The number of hydrogen-bond acceptors (Lipinski definition) is 5. The SMILES string of the molecule is COc1ccc(CNCc2cnc(C)cn2)cc1C#N. The van der Waals surface area contributed by atoms with Gasteiger partial charge in [-0.2, -0.15) is 5.26 Å². The molecule has 5 nitrogen and oxygen atoms in total. The number of nitriles is 1. The third-order valence-electron chi connectivity index (χ3n) is 2.85. The molecule has 102 valence electrons. The van der Waals surface area contributed by atoms with Gasteiger partial charge in [0.25, 0.3) is 0 Å². The maximum Gasteiger partial charge on any atom is 0.136 e. The molecule has 0 aliphatic heterocycles. The number of nitrogens with zero attached hydrogens (tertiary/aromatic N) is 3. The van der Waals surface area contributed by atoms with Crippen LogP contribution in [-0.4, -0.2) is 17.1 Å². The Bertz CT molecular complexity index is 617. The Morgan fingerprint density at radius 1 is 1.25 bits per heavy atom. The molecule has 2 rings (SSSR count). The van der Waals surface area contributed by atoms with Crippen molar-refractivity contribution in [3.8, 4) is 11.8 Å². The number of aryl methyl sites for hydroxylation is 1. The molecular formula is C15H16N4O. The van der Waals surface area contributed by atoms with Gasteiger partial charge in [0.05, 0.1) is 24.1 Å². The lowest BCUT2D eigenvalue weighted by Crippen LogP contribution is -2.14. The first-order valence-corrected chi connectivity index (χ1v) is 6.28. The number of nitrogens with one attached hydrogen (secondary N) is 1. The van der Waals surface area contributed by atoms with Gasteiger partial charge in [-0.05, 0) is 24.6 Å². The van der Waals surface area contributed by atoms with Crippen LogP contribution in [0.4, 0.5) is 0 Å². The van der Waals surface area contributed by atoms with Gasteiger partial charge < -0.3 is 10.1 Å². The van der Waals surface area contributed by atoms with Crippen molar-refractivity contribution >= 4 is 0 Å². The third-order valence-corrected chi connectivity index (χ3v) is 2.85. The Hall–Kier alpha value is -2.45. The lowest BCUT2D eigenvalue weighted by molar-refractivity contribution is 0.413. The van der Waals surface area contributed by atoms with Gasteiger partial charge in [0.2, 0.25) is 0 Å². The Balaban J connectivity index is 1.94. The number of aromatic nitrogens is 2. The standard InChI is InChI=1S/C15H16N4O/c1-11-7-19-14(10-18-11)9-17-8-12-3-4-15(20-2)13(5-12)6-16/h3-5,7,10,17H,8-9H2,1-2H3. The van der Waals surface area contributed by atoms with Crippen LogP contribution in [0.5, 0.6) is 5.75 Å². The summed E-state index contributed by atoms with van der Waals surface area (Å²) < 4.78 is 5.12. The molecule has 0 unspecified atom stereocenters. The Kier molecular flexibility index (Phi) is 4.64. The van der Waals surface area contributed by atoms with E-state index in [4.69, 9.17) is 10.00 Å². The molecule has 1 N–H and O–H groups in total. The molecule has 0 atom stereocenters. The van der Waals surface area contributed by atoms with Gasteiger partial charge in [-0.3, -0.25) is 9.97 Å². The van der Waals surface area contributed by atoms with E-state index in [1.54, 1.807) is 25.6 Å². The second kappa shape index (κ2) is 6.64. The average Bonchev–Trinajstić information content (AvgIpc) is 2.49. The summed E-state index contributed by atoms with van der Waals surface area (Å²) in [7, 11) is 1.56. The monoisotopic (exact) mass is 268 g/mol. The highest BCUT2D eigenvalue weighted by atomic mass is 16.5. The van der Waals surface area contributed by atoms with Gasteiger partial charge in [0.1, 0.15) is 11.8 Å². The van der Waals surface area contributed by atoms with Crippen LogP contribution in [0.1, 0.15) is 22.5 Å². The molecule has 0 saturated carbocycles. The van der Waals surface area contributed by atoms with Crippen molar-refractivity contribution in [2.24, 2.45) is 0 Å². The molecule has 0 bridgehead atoms. The van der Waals surface area contributed by atoms with Crippen molar-refractivity contribution < 1.29 is 4.74 Å². The zero-order valence-electron chi connectivity index (χ0n) is 11.6. The van der Waals surface area contributed by atoms with Crippen molar-refractivity contribution in [2.45, 2.75) is 20.0 Å². The van der Waals surface area contributed by atoms with Crippen molar-refractivity contribution in [3.05, 3.63) is 53.1 Å². The number of hydrogen-bond donors (Lipinski definition) is 1. The van der Waals surface area contributed by atoms with Crippen LogP contribution in [0, 0.1) is 18.3 Å². The van der Waals surface area contributed by atoms with Gasteiger partial charge in [0, 0.05) is 25.5 Å². The van der Waals surface area contributed by atoms with Gasteiger partial charge in [-0.25, -0.2) is 0 Å². The fourth-order valence-electron chi connectivity index (χ4n) is 1.80. The van der Waals surface area contributed by atoms with Gasteiger partial charge in [0.15, 0.2) is 0 Å². The normalized spacial score (nSPS) is 10.1. The number of rotatable bonds is 5. The summed E-state index contributed by atoms with van der Waals surface area (Å²) >= 11 is 0. The molecule has 0 fully saturated rings. The van der Waals surface area contributed by atoms with Crippen molar-refractivity contribution in [1.29, 1.82) is 5.26 Å². The summed E-state index contributed by atoms with van der Waals surface area (Å²) in [6.07, 6.45) is 3.51. The van der Waals surface area contributed by atoms with Crippen LogP contribution < -0.4 is 10.1 Å². The number of benzene rings is 1. The Morgan fingerprint density at radius 3 is 2.75 bits per heavy atom. The van der Waals surface area contributed by atoms with Crippen LogP contribution in [0.15, 0.2) is 30.6 Å². The molecule has 0 spiro atoms. The average molecular weight is 268 g/mol. The highest BCUT2D eigenvalue weighted by Gasteiger charge is 2.03. The fourth-order valence-corrected chi connectivity index (χ4v) is 1.80. The molecule has 1 aromatic heterocycles. The molecule has 5 heteroatoms. The number of methoxy groups -OCH3 is 1. The van der Waals surface area contributed by atoms with Crippen molar-refractivity contribution in [2.75, 3.05) is 7.11 Å². The summed E-state index contributed by atoms with van der Waals surface area (Å²) in [6.45, 7) is 3.21. The first kappa shape index (κ1) is 14.0. The van der Waals surface area contributed by atoms with E-state index in [0.29, 0.717) is 24.4 Å². The molecular weight excluding hydrogens is 252 g/mol. The predicted octanol–water partition coefficient (Wildman–Crippen LogP) is 1.96. The molecule has 0 amide bonds. The minimum atomic E-state index is 0.543. The second-order valence-electron chi connectivity index (χ2n) is 4.40. The maximum absolute atomic E-state index is 9.03. The van der Waals surface area contributed by atoms with Crippen LogP contribution in [0.2, 0.25) is 0 Å². The van der Waals surface area contributed by atoms with E-state index in [0.717, 1.165) is 17.0 Å². The van der Waals surface area contributed by atoms with Gasteiger partial charge >= 0.3 is 0 Å². The van der Waals surface area contributed by atoms with Gasteiger partial charge in [-0.1, -0.05) is 6.07 Å². The summed E-state index contributed by atoms with van der Waals surface area (Å²) in [6, 6.07) is 7.70. The summed E-state index contributed by atoms with van der Waals surface area (Å²) in [5, 5.41) is 12.3. The van der Waals surface area contributed by atoms with E-state index < -0.39 is 0 Å². The summed E-state index contributed by atoms with van der Waals surface area (Å²) in [5.74, 6) is 0.598. The fraction of sp³-hybridized carbons (Fsp3) is 0.267. The Labute approximate surface area is 118 Å². The molecule has 20 heavy (non-hydrogen) atoms. The van der Waals surface area contributed by atoms with E-state index in [-0.39, 0.29) is 0 Å². The molecule has 0 aliphatic carbocycles. The highest BCUT2D eigenvalue weighted by molar-refractivity contribution is 5.45. The van der Waals surface area contributed by atoms with Crippen LogP contribution in [0.25, 0.3) is 0 Å². The molecule has 2 aromatic rings. The topological polar surface area (TPSA) is 70.8 Å². The molecule has 1 aromatic carbocycles. The quantitative estimate of drug-likeness (QED) is 0.897. The second-order valence-corrected chi connectivity index (χ2v) is 4.40. The first-order chi connectivity index (χ1) is 9.72. The van der Waals surface area contributed by atoms with E-state index in [9.17, 15) is 0 Å². The zero-order chi connectivity index (χ0) is 14.4. The highest BCUT2D eigenvalue weighted by Crippen LogP contribution is 2.18. The van der Waals surface area contributed by atoms with Crippen LogP contribution in [-0.2, 0) is 13.1 Å². The van der Waals surface area contributed by atoms with E-state index >= 15 is 0 Å². The van der Waals surface area contributed by atoms with E-state index in [2.05, 4.69) is 21.4 Å². The lowest BCUT2D eigenvalue weighted by atomic mass is 10.1. The predicted molar refractivity (Wildman–Crippen MR) is 75.0 cm³/mol. The largest absolute Gasteiger partial charge is 0.495 e. The summed E-state index contributed by atoms with van der Waals surface area (Å²) in [4.78, 5) is 8.47. The Morgan fingerprint density at radius 2 is 2.10 bits per heavy atom. The van der Waals surface area contributed by atoms with E-state index in [1.807, 2.05) is 19.1 Å². The molecule has 0 aliphatic rings. The minimum Gasteiger partial charge on any atom is -0.495 e. The molecule has 1 heterocycles. The maximum atomic E-state index is 9.03. The number of ether oxygens (including phenoxy) is 1. The van der Waals surface area contributed by atoms with E-state index in [1.165, 1.54) is 0 Å². The van der Waals surface area contributed by atoms with Crippen LogP contribution in [0.3, 0.4) is 0 Å². The van der Waals surface area contributed by atoms with Crippen molar-refractivity contribution in [1.82, 2.24) is 15.3 Å². The lowest BCUT2D eigenvalue weighted by Gasteiger charge is -2.07. The summed E-state index contributed by atoms with van der Waals surface area (Å²) in [5.41, 5.74) is 3.37. The smallest absolute Gasteiger partial charge is 0.136 e. The molecule has 0 radical (unpaired) electrons.